The predicted molar refractivity (Wildman–Crippen MR) is 84.3 cm³/mol. The van der Waals surface area contributed by atoms with Gasteiger partial charge in [-0.3, -0.25) is 0 Å². The molecule has 2 rings (SSSR count). The normalized spacial score (nSPS) is 10.3. The summed E-state index contributed by atoms with van der Waals surface area (Å²) in [5.41, 5.74) is 9.32. The highest BCUT2D eigenvalue weighted by atomic mass is 16.5. The molecule has 0 heterocycles. The van der Waals surface area contributed by atoms with Crippen LogP contribution in [0.1, 0.15) is 11.1 Å². The van der Waals surface area contributed by atoms with E-state index in [1.807, 2.05) is 12.1 Å². The van der Waals surface area contributed by atoms with Crippen LogP contribution in [0.5, 0.6) is 5.75 Å². The van der Waals surface area contributed by atoms with Gasteiger partial charge in [0.25, 0.3) is 0 Å². The maximum absolute atomic E-state index is 5.56. The van der Waals surface area contributed by atoms with Gasteiger partial charge in [0.15, 0.2) is 0 Å². The zero-order valence-electron chi connectivity index (χ0n) is 12.2. The van der Waals surface area contributed by atoms with Gasteiger partial charge in [-0.05, 0) is 48.4 Å². The minimum atomic E-state index is 0.695. The first kappa shape index (κ1) is 14.4. The molecule has 3 heteroatoms. The van der Waals surface area contributed by atoms with Crippen molar-refractivity contribution in [1.29, 1.82) is 0 Å². The van der Waals surface area contributed by atoms with Crippen molar-refractivity contribution in [2.75, 3.05) is 25.6 Å². The van der Waals surface area contributed by atoms with E-state index in [0.717, 1.165) is 18.7 Å². The summed E-state index contributed by atoms with van der Waals surface area (Å²) < 4.78 is 5.17. The largest absolute Gasteiger partial charge is 0.497 e. The zero-order valence-corrected chi connectivity index (χ0v) is 12.2. The lowest BCUT2D eigenvalue weighted by Gasteiger charge is -2.20. The third kappa shape index (κ3) is 3.75. The van der Waals surface area contributed by atoms with Crippen LogP contribution in [-0.4, -0.2) is 20.7 Å². The number of rotatable bonds is 6. The summed E-state index contributed by atoms with van der Waals surface area (Å²) in [5, 5.41) is 0. The first-order valence-corrected chi connectivity index (χ1v) is 6.86. The van der Waals surface area contributed by atoms with Crippen molar-refractivity contribution >= 4 is 5.69 Å². The fourth-order valence-corrected chi connectivity index (χ4v) is 2.18. The standard InChI is InChI=1S/C17H22N2O/c1-19(13-15-5-9-17(20-2)10-6-15)16-7-3-14(4-8-16)11-12-18/h3-10H,11-13,18H2,1-2H3. The molecule has 2 aromatic carbocycles. The molecular formula is C17H22N2O. The van der Waals surface area contributed by atoms with Crippen molar-refractivity contribution in [3.8, 4) is 5.75 Å². The van der Waals surface area contributed by atoms with Crippen molar-refractivity contribution < 1.29 is 4.74 Å². The van der Waals surface area contributed by atoms with Crippen molar-refractivity contribution in [3.63, 3.8) is 0 Å². The van der Waals surface area contributed by atoms with E-state index >= 15 is 0 Å². The summed E-state index contributed by atoms with van der Waals surface area (Å²) >= 11 is 0. The Morgan fingerprint density at radius 3 is 2.10 bits per heavy atom. The molecule has 0 unspecified atom stereocenters. The molecule has 106 valence electrons. The fourth-order valence-electron chi connectivity index (χ4n) is 2.18. The molecule has 0 saturated carbocycles. The van der Waals surface area contributed by atoms with Gasteiger partial charge in [0.05, 0.1) is 7.11 Å². The molecule has 0 atom stereocenters. The number of anilines is 1. The van der Waals surface area contributed by atoms with E-state index in [-0.39, 0.29) is 0 Å². The monoisotopic (exact) mass is 270 g/mol. The topological polar surface area (TPSA) is 38.5 Å². The van der Waals surface area contributed by atoms with Crippen LogP contribution in [0.2, 0.25) is 0 Å². The Hall–Kier alpha value is -2.00. The quantitative estimate of drug-likeness (QED) is 0.877. The van der Waals surface area contributed by atoms with Crippen molar-refractivity contribution in [1.82, 2.24) is 0 Å². The van der Waals surface area contributed by atoms with E-state index in [1.54, 1.807) is 7.11 Å². The van der Waals surface area contributed by atoms with Gasteiger partial charge in [-0.2, -0.15) is 0 Å². The molecule has 0 aromatic heterocycles. The number of hydrogen-bond donors (Lipinski definition) is 1. The fraction of sp³-hybridized carbons (Fsp3) is 0.294. The van der Waals surface area contributed by atoms with Crippen LogP contribution >= 0.6 is 0 Å². The van der Waals surface area contributed by atoms with Gasteiger partial charge in [0.1, 0.15) is 5.75 Å². The Balaban J connectivity index is 2.01. The van der Waals surface area contributed by atoms with Gasteiger partial charge < -0.3 is 15.4 Å². The van der Waals surface area contributed by atoms with Crippen LogP contribution < -0.4 is 15.4 Å². The van der Waals surface area contributed by atoms with Gasteiger partial charge in [-0.1, -0.05) is 24.3 Å². The second-order valence-electron chi connectivity index (χ2n) is 4.91. The lowest BCUT2D eigenvalue weighted by molar-refractivity contribution is 0.414. The zero-order chi connectivity index (χ0) is 14.4. The Morgan fingerprint density at radius 2 is 1.55 bits per heavy atom. The molecule has 0 aliphatic heterocycles. The van der Waals surface area contributed by atoms with Crippen molar-refractivity contribution in [2.45, 2.75) is 13.0 Å². The van der Waals surface area contributed by atoms with Crippen LogP contribution in [0.25, 0.3) is 0 Å². The highest BCUT2D eigenvalue weighted by Gasteiger charge is 2.03. The van der Waals surface area contributed by atoms with Gasteiger partial charge in [-0.25, -0.2) is 0 Å². The van der Waals surface area contributed by atoms with Gasteiger partial charge in [0, 0.05) is 19.3 Å². The van der Waals surface area contributed by atoms with Gasteiger partial charge in [-0.15, -0.1) is 0 Å². The SMILES string of the molecule is COc1ccc(CN(C)c2ccc(CCN)cc2)cc1. The molecule has 2 N–H and O–H groups in total. The number of nitrogens with zero attached hydrogens (tertiary/aromatic N) is 1. The molecule has 0 radical (unpaired) electrons. The Bertz CT molecular complexity index is 520. The van der Waals surface area contributed by atoms with Crippen LogP contribution in [0, 0.1) is 0 Å². The summed E-state index contributed by atoms with van der Waals surface area (Å²) in [4.78, 5) is 2.23. The molecule has 0 aliphatic carbocycles. The highest BCUT2D eigenvalue weighted by Crippen LogP contribution is 2.18. The lowest BCUT2D eigenvalue weighted by atomic mass is 10.1. The van der Waals surface area contributed by atoms with Crippen LogP contribution in [-0.2, 0) is 13.0 Å². The smallest absolute Gasteiger partial charge is 0.118 e. The average molecular weight is 270 g/mol. The van der Waals surface area contributed by atoms with E-state index in [1.165, 1.54) is 16.8 Å². The molecule has 0 fully saturated rings. The molecule has 0 amide bonds. The van der Waals surface area contributed by atoms with E-state index in [2.05, 4.69) is 48.3 Å². The molecule has 0 aliphatic rings. The van der Waals surface area contributed by atoms with Crippen molar-refractivity contribution in [3.05, 3.63) is 59.7 Å². The van der Waals surface area contributed by atoms with E-state index in [4.69, 9.17) is 10.5 Å². The number of nitrogens with two attached hydrogens (primary N) is 1. The summed E-state index contributed by atoms with van der Waals surface area (Å²) in [5.74, 6) is 0.891. The molecule has 2 aromatic rings. The molecule has 0 bridgehead atoms. The van der Waals surface area contributed by atoms with E-state index in [9.17, 15) is 0 Å². The maximum Gasteiger partial charge on any atom is 0.118 e. The Labute approximate surface area is 121 Å². The molecule has 0 saturated heterocycles. The van der Waals surface area contributed by atoms with Crippen LogP contribution in [0.4, 0.5) is 5.69 Å². The highest BCUT2D eigenvalue weighted by molar-refractivity contribution is 5.47. The number of ether oxygens (including phenoxy) is 1. The second-order valence-corrected chi connectivity index (χ2v) is 4.91. The second kappa shape index (κ2) is 6.96. The first-order valence-electron chi connectivity index (χ1n) is 6.86. The van der Waals surface area contributed by atoms with E-state index in [0.29, 0.717) is 6.54 Å². The molecular weight excluding hydrogens is 248 g/mol. The average Bonchev–Trinajstić information content (AvgIpc) is 2.49. The minimum absolute atomic E-state index is 0.695. The summed E-state index contributed by atoms with van der Waals surface area (Å²) in [7, 11) is 3.78. The number of methoxy groups -OCH3 is 1. The van der Waals surface area contributed by atoms with Crippen LogP contribution in [0.15, 0.2) is 48.5 Å². The predicted octanol–water partition coefficient (Wildman–Crippen LogP) is 2.83. The van der Waals surface area contributed by atoms with Gasteiger partial charge in [0.2, 0.25) is 0 Å². The third-order valence-corrected chi connectivity index (χ3v) is 3.39. The van der Waals surface area contributed by atoms with Crippen LogP contribution in [0.3, 0.4) is 0 Å². The maximum atomic E-state index is 5.56. The third-order valence-electron chi connectivity index (χ3n) is 3.39. The van der Waals surface area contributed by atoms with Gasteiger partial charge >= 0.3 is 0 Å². The molecule has 3 nitrogen and oxygen atoms in total. The van der Waals surface area contributed by atoms with Crippen molar-refractivity contribution in [2.24, 2.45) is 5.73 Å². The molecule has 20 heavy (non-hydrogen) atoms. The lowest BCUT2D eigenvalue weighted by Crippen LogP contribution is -2.16. The first-order chi connectivity index (χ1) is 9.72. The summed E-state index contributed by atoms with van der Waals surface area (Å²) in [6, 6.07) is 16.8. The Morgan fingerprint density at radius 1 is 0.950 bits per heavy atom. The minimum Gasteiger partial charge on any atom is -0.497 e. The number of hydrogen-bond acceptors (Lipinski definition) is 3. The Kier molecular flexibility index (Phi) is 5.02. The summed E-state index contributed by atoms with van der Waals surface area (Å²) in [6.07, 6.45) is 0.933. The summed E-state index contributed by atoms with van der Waals surface area (Å²) in [6.45, 7) is 1.57. The molecule has 0 spiro atoms. The number of benzene rings is 2. The van der Waals surface area contributed by atoms with E-state index < -0.39 is 0 Å².